The quantitative estimate of drug-likeness (QED) is 0.929. The van der Waals surface area contributed by atoms with Gasteiger partial charge in [-0.15, -0.1) is 0 Å². The van der Waals surface area contributed by atoms with E-state index in [9.17, 15) is 4.79 Å². The lowest BCUT2D eigenvalue weighted by Crippen LogP contribution is -2.52. The average Bonchev–Trinajstić information content (AvgIpc) is 2.45. The van der Waals surface area contributed by atoms with Crippen molar-refractivity contribution in [2.24, 2.45) is 5.92 Å². The summed E-state index contributed by atoms with van der Waals surface area (Å²) < 4.78 is 1.13. The van der Waals surface area contributed by atoms with E-state index in [0.29, 0.717) is 11.6 Å². The molecule has 6 heteroatoms. The summed E-state index contributed by atoms with van der Waals surface area (Å²) in [5, 5.41) is 10.2. The molecule has 5 nitrogen and oxygen atoms in total. The highest BCUT2D eigenvalue weighted by atomic mass is 79.9. The van der Waals surface area contributed by atoms with Crippen molar-refractivity contribution in [3.63, 3.8) is 0 Å². The Morgan fingerprint density at radius 3 is 2.81 bits per heavy atom. The summed E-state index contributed by atoms with van der Waals surface area (Å²) in [6.45, 7) is 1.57. The van der Waals surface area contributed by atoms with E-state index in [1.807, 2.05) is 17.0 Å². The molecule has 1 N–H and O–H groups in total. The molecular formula is C15H15BrN4O. The molecule has 21 heavy (non-hydrogen) atoms. The van der Waals surface area contributed by atoms with Crippen molar-refractivity contribution >= 4 is 27.6 Å². The van der Waals surface area contributed by atoms with Crippen LogP contribution in [0, 0.1) is 5.92 Å². The van der Waals surface area contributed by atoms with E-state index in [0.717, 1.165) is 24.0 Å². The van der Waals surface area contributed by atoms with Crippen molar-refractivity contribution in [2.75, 3.05) is 18.4 Å². The molecule has 1 aromatic heterocycles. The third kappa shape index (κ3) is 3.39. The van der Waals surface area contributed by atoms with Crippen LogP contribution in [0.5, 0.6) is 0 Å². The Balaban J connectivity index is 1.49. The first kappa shape index (κ1) is 14.0. The highest BCUT2D eigenvalue weighted by Gasteiger charge is 2.30. The topological polar surface area (TPSA) is 58.1 Å². The summed E-state index contributed by atoms with van der Waals surface area (Å²) in [7, 11) is 0. The van der Waals surface area contributed by atoms with Crippen LogP contribution in [-0.4, -0.2) is 34.2 Å². The zero-order valence-electron chi connectivity index (χ0n) is 11.4. The van der Waals surface area contributed by atoms with E-state index in [4.69, 9.17) is 0 Å². The predicted octanol–water partition coefficient (Wildman–Crippen LogP) is 2.95. The second-order valence-electron chi connectivity index (χ2n) is 5.13. The van der Waals surface area contributed by atoms with Gasteiger partial charge in [-0.05, 0) is 30.0 Å². The van der Waals surface area contributed by atoms with Crippen molar-refractivity contribution < 1.29 is 4.79 Å². The second kappa shape index (κ2) is 6.22. The Labute approximate surface area is 131 Å². The zero-order valence-corrected chi connectivity index (χ0v) is 13.0. The Bertz CT molecular complexity index is 629. The van der Waals surface area contributed by atoms with Crippen molar-refractivity contribution in [1.82, 2.24) is 15.1 Å². The Morgan fingerprint density at radius 2 is 2.10 bits per heavy atom. The van der Waals surface area contributed by atoms with Crippen LogP contribution in [-0.2, 0) is 6.42 Å². The van der Waals surface area contributed by atoms with Crippen LogP contribution < -0.4 is 5.32 Å². The largest absolute Gasteiger partial charge is 0.324 e. The van der Waals surface area contributed by atoms with E-state index in [1.165, 1.54) is 11.8 Å². The number of anilines is 1. The molecule has 1 fully saturated rings. The van der Waals surface area contributed by atoms with Crippen LogP contribution in [0.4, 0.5) is 10.5 Å². The maximum absolute atomic E-state index is 12.0. The Hall–Kier alpha value is -1.95. The van der Waals surface area contributed by atoms with E-state index in [2.05, 4.69) is 43.6 Å². The van der Waals surface area contributed by atoms with Crippen LogP contribution in [0.25, 0.3) is 0 Å². The Kier molecular flexibility index (Phi) is 4.15. The standard InChI is InChI=1S/C15H15BrN4O/c16-14-4-2-1-3-12(14)7-11-9-20(10-11)15(21)19-13-5-6-17-18-8-13/h1-6,8,11H,7,9-10H2,(H,17,19,21). The maximum atomic E-state index is 12.0. The van der Waals surface area contributed by atoms with Crippen LogP contribution in [0.3, 0.4) is 0 Å². The van der Waals surface area contributed by atoms with E-state index < -0.39 is 0 Å². The number of urea groups is 1. The summed E-state index contributed by atoms with van der Waals surface area (Å²) in [6.07, 6.45) is 4.08. The van der Waals surface area contributed by atoms with Gasteiger partial charge in [-0.3, -0.25) is 0 Å². The molecule has 0 radical (unpaired) electrons. The molecule has 1 aromatic carbocycles. The molecule has 3 rings (SSSR count). The molecule has 0 spiro atoms. The van der Waals surface area contributed by atoms with Crippen LogP contribution in [0.2, 0.25) is 0 Å². The van der Waals surface area contributed by atoms with Gasteiger partial charge in [0, 0.05) is 17.6 Å². The molecule has 1 saturated heterocycles. The van der Waals surface area contributed by atoms with Gasteiger partial charge in [0.05, 0.1) is 18.1 Å². The van der Waals surface area contributed by atoms with Gasteiger partial charge in [0.15, 0.2) is 0 Å². The van der Waals surface area contributed by atoms with E-state index >= 15 is 0 Å². The van der Waals surface area contributed by atoms with Gasteiger partial charge in [-0.25, -0.2) is 4.79 Å². The van der Waals surface area contributed by atoms with Crippen LogP contribution >= 0.6 is 15.9 Å². The molecule has 108 valence electrons. The maximum Gasteiger partial charge on any atom is 0.321 e. The number of nitrogens with one attached hydrogen (secondary N) is 1. The summed E-state index contributed by atoms with van der Waals surface area (Å²) >= 11 is 3.56. The van der Waals surface area contributed by atoms with E-state index in [1.54, 1.807) is 12.3 Å². The lowest BCUT2D eigenvalue weighted by Gasteiger charge is -2.39. The van der Waals surface area contributed by atoms with Crippen LogP contribution in [0.15, 0.2) is 47.2 Å². The summed E-state index contributed by atoms with van der Waals surface area (Å²) in [4.78, 5) is 13.8. The molecule has 1 aliphatic rings. The number of hydrogen-bond acceptors (Lipinski definition) is 3. The first-order valence-electron chi connectivity index (χ1n) is 6.78. The van der Waals surface area contributed by atoms with E-state index in [-0.39, 0.29) is 6.03 Å². The lowest BCUT2D eigenvalue weighted by molar-refractivity contribution is 0.131. The number of rotatable bonds is 3. The fourth-order valence-corrected chi connectivity index (χ4v) is 2.85. The number of aromatic nitrogens is 2. The minimum atomic E-state index is -0.0774. The first-order chi connectivity index (χ1) is 10.2. The number of amides is 2. The Morgan fingerprint density at radius 1 is 1.29 bits per heavy atom. The predicted molar refractivity (Wildman–Crippen MR) is 84.0 cm³/mol. The molecule has 0 aliphatic carbocycles. The number of carbonyl (C=O) groups is 1. The molecule has 0 unspecified atom stereocenters. The average molecular weight is 347 g/mol. The van der Waals surface area contributed by atoms with Crippen LogP contribution in [0.1, 0.15) is 5.56 Å². The second-order valence-corrected chi connectivity index (χ2v) is 5.98. The summed E-state index contributed by atoms with van der Waals surface area (Å²) in [5.41, 5.74) is 1.96. The number of likely N-dealkylation sites (tertiary alicyclic amines) is 1. The fraction of sp³-hybridized carbons (Fsp3) is 0.267. The van der Waals surface area contributed by atoms with Crippen molar-refractivity contribution in [3.8, 4) is 0 Å². The third-order valence-corrected chi connectivity index (χ3v) is 4.32. The van der Waals surface area contributed by atoms with Gasteiger partial charge in [0.1, 0.15) is 0 Å². The number of nitrogens with zero attached hydrogens (tertiary/aromatic N) is 3. The molecule has 2 heterocycles. The number of benzene rings is 1. The SMILES string of the molecule is O=C(Nc1ccnnc1)N1CC(Cc2ccccc2Br)C1. The molecular weight excluding hydrogens is 332 g/mol. The number of halogens is 1. The van der Waals surface area contributed by atoms with Crippen molar-refractivity contribution in [1.29, 1.82) is 0 Å². The summed E-state index contributed by atoms with van der Waals surface area (Å²) in [6, 6.07) is 9.87. The molecule has 2 aromatic rings. The highest BCUT2D eigenvalue weighted by Crippen LogP contribution is 2.25. The van der Waals surface area contributed by atoms with Gasteiger partial charge in [0.2, 0.25) is 0 Å². The molecule has 2 amide bonds. The number of hydrogen-bond donors (Lipinski definition) is 1. The van der Waals surface area contributed by atoms with Crippen molar-refractivity contribution in [2.45, 2.75) is 6.42 Å². The molecule has 1 aliphatic heterocycles. The van der Waals surface area contributed by atoms with Gasteiger partial charge >= 0.3 is 6.03 Å². The fourth-order valence-electron chi connectivity index (χ4n) is 2.41. The minimum Gasteiger partial charge on any atom is -0.324 e. The third-order valence-electron chi connectivity index (χ3n) is 3.55. The van der Waals surface area contributed by atoms with Gasteiger partial charge in [0.25, 0.3) is 0 Å². The monoisotopic (exact) mass is 346 g/mol. The van der Waals surface area contributed by atoms with Crippen molar-refractivity contribution in [3.05, 3.63) is 52.8 Å². The zero-order chi connectivity index (χ0) is 14.7. The highest BCUT2D eigenvalue weighted by molar-refractivity contribution is 9.10. The molecule has 0 atom stereocenters. The first-order valence-corrected chi connectivity index (χ1v) is 7.57. The number of carbonyl (C=O) groups excluding carboxylic acids is 1. The smallest absolute Gasteiger partial charge is 0.321 e. The normalized spacial score (nSPS) is 14.6. The molecule has 0 saturated carbocycles. The molecule has 0 bridgehead atoms. The van der Waals surface area contributed by atoms with Gasteiger partial charge < -0.3 is 10.2 Å². The minimum absolute atomic E-state index is 0.0774. The summed E-state index contributed by atoms with van der Waals surface area (Å²) in [5.74, 6) is 0.519. The lowest BCUT2D eigenvalue weighted by atomic mass is 9.92. The van der Waals surface area contributed by atoms with Gasteiger partial charge in [-0.1, -0.05) is 34.1 Å². The van der Waals surface area contributed by atoms with Gasteiger partial charge in [-0.2, -0.15) is 10.2 Å².